The molecule has 0 bridgehead atoms. The molecule has 0 radical (unpaired) electrons. The maximum absolute atomic E-state index is 11.3. The Morgan fingerprint density at radius 1 is 1.31 bits per heavy atom. The first-order valence-electron chi connectivity index (χ1n) is 5.96. The van der Waals surface area contributed by atoms with Gasteiger partial charge in [-0.05, 0) is 32.1 Å². The van der Waals surface area contributed by atoms with E-state index in [1.165, 1.54) is 0 Å². The van der Waals surface area contributed by atoms with Crippen LogP contribution in [0.4, 0.5) is 0 Å². The molecular formula is C12H21NO3. The van der Waals surface area contributed by atoms with E-state index in [0.717, 1.165) is 19.3 Å². The zero-order valence-corrected chi connectivity index (χ0v) is 10.3. The number of esters is 1. The molecule has 1 fully saturated rings. The molecule has 1 saturated carbocycles. The minimum absolute atomic E-state index is 0.00221. The highest BCUT2D eigenvalue weighted by molar-refractivity contribution is 5.84. The molecule has 4 nitrogen and oxygen atoms in total. The van der Waals surface area contributed by atoms with Crippen molar-refractivity contribution in [3.8, 4) is 0 Å². The first-order chi connectivity index (χ1) is 7.49. The molecule has 0 saturated heterocycles. The van der Waals surface area contributed by atoms with Gasteiger partial charge < -0.3 is 10.1 Å². The van der Waals surface area contributed by atoms with E-state index in [-0.39, 0.29) is 30.4 Å². The van der Waals surface area contributed by atoms with Gasteiger partial charge in [0.25, 0.3) is 0 Å². The van der Waals surface area contributed by atoms with Gasteiger partial charge >= 0.3 is 5.97 Å². The van der Waals surface area contributed by atoms with Gasteiger partial charge in [0.05, 0.1) is 6.10 Å². The smallest absolute Gasteiger partial charge is 0.325 e. The highest BCUT2D eigenvalue weighted by Crippen LogP contribution is 2.28. The fraction of sp³-hybridized carbons (Fsp3) is 0.833. The van der Waals surface area contributed by atoms with Gasteiger partial charge in [0, 0.05) is 5.92 Å². The summed E-state index contributed by atoms with van der Waals surface area (Å²) < 4.78 is 5.16. The normalized spacial score (nSPS) is 17.0. The van der Waals surface area contributed by atoms with Crippen molar-refractivity contribution in [3.05, 3.63) is 0 Å². The number of carbonyl (C=O) groups excluding carboxylic acids is 2. The van der Waals surface area contributed by atoms with Gasteiger partial charge in [-0.15, -0.1) is 0 Å². The first-order valence-corrected chi connectivity index (χ1v) is 5.96. The van der Waals surface area contributed by atoms with Crippen molar-refractivity contribution in [2.24, 2.45) is 11.8 Å². The van der Waals surface area contributed by atoms with Crippen LogP contribution >= 0.6 is 0 Å². The van der Waals surface area contributed by atoms with Crippen LogP contribution in [-0.4, -0.2) is 24.5 Å². The zero-order chi connectivity index (χ0) is 12.1. The van der Waals surface area contributed by atoms with Gasteiger partial charge in [0.15, 0.2) is 0 Å². The molecule has 1 N–H and O–H groups in total. The molecule has 1 atom stereocenters. The molecule has 0 aliphatic heterocycles. The molecule has 1 aliphatic rings. The minimum Gasteiger partial charge on any atom is -0.461 e. The Kier molecular flexibility index (Phi) is 4.77. The van der Waals surface area contributed by atoms with Crippen LogP contribution in [0.25, 0.3) is 0 Å². The van der Waals surface area contributed by atoms with Crippen molar-refractivity contribution < 1.29 is 14.3 Å². The van der Waals surface area contributed by atoms with E-state index in [0.29, 0.717) is 5.92 Å². The number of carbonyl (C=O) groups is 2. The van der Waals surface area contributed by atoms with Gasteiger partial charge in [-0.1, -0.05) is 13.8 Å². The third-order valence-corrected chi connectivity index (χ3v) is 2.49. The Bertz CT molecular complexity index is 259. The Morgan fingerprint density at radius 2 is 1.94 bits per heavy atom. The Hall–Kier alpha value is -1.06. The van der Waals surface area contributed by atoms with Crippen molar-refractivity contribution in [2.45, 2.75) is 46.1 Å². The van der Waals surface area contributed by atoms with Crippen LogP contribution in [0, 0.1) is 11.8 Å². The summed E-state index contributed by atoms with van der Waals surface area (Å²) in [5.74, 6) is 0.278. The lowest BCUT2D eigenvalue weighted by atomic mass is 10.1. The van der Waals surface area contributed by atoms with E-state index in [9.17, 15) is 9.59 Å². The van der Waals surface area contributed by atoms with E-state index in [4.69, 9.17) is 4.74 Å². The maximum Gasteiger partial charge on any atom is 0.325 e. The standard InChI is InChI=1S/C12H21NO3/c1-8(2)6-9(3)16-11(14)7-13-12(15)10-4-5-10/h8-10H,4-7H2,1-3H3,(H,13,15). The third kappa shape index (κ3) is 5.14. The Morgan fingerprint density at radius 3 is 2.44 bits per heavy atom. The van der Waals surface area contributed by atoms with Gasteiger partial charge in [0.2, 0.25) is 5.91 Å². The van der Waals surface area contributed by atoms with Crippen LogP contribution in [-0.2, 0) is 14.3 Å². The predicted octanol–water partition coefficient (Wildman–Crippen LogP) is 1.49. The monoisotopic (exact) mass is 227 g/mol. The molecule has 0 heterocycles. The molecule has 0 spiro atoms. The van der Waals surface area contributed by atoms with Crippen LogP contribution in [0.5, 0.6) is 0 Å². The van der Waals surface area contributed by atoms with Crippen LogP contribution in [0.2, 0.25) is 0 Å². The number of nitrogens with one attached hydrogen (secondary N) is 1. The number of rotatable bonds is 6. The van der Waals surface area contributed by atoms with Crippen molar-refractivity contribution in [3.63, 3.8) is 0 Å². The van der Waals surface area contributed by atoms with Crippen molar-refractivity contribution in [1.82, 2.24) is 5.32 Å². The molecule has 92 valence electrons. The van der Waals surface area contributed by atoms with Crippen molar-refractivity contribution in [1.29, 1.82) is 0 Å². The summed E-state index contributed by atoms with van der Waals surface area (Å²) in [5.41, 5.74) is 0. The molecule has 1 aliphatic carbocycles. The number of hydrogen-bond donors (Lipinski definition) is 1. The van der Waals surface area contributed by atoms with E-state index in [2.05, 4.69) is 19.2 Å². The highest BCUT2D eigenvalue weighted by atomic mass is 16.5. The Balaban J connectivity index is 2.12. The third-order valence-electron chi connectivity index (χ3n) is 2.49. The average Bonchev–Trinajstić information content (AvgIpc) is 2.95. The molecular weight excluding hydrogens is 206 g/mol. The molecule has 1 rings (SSSR count). The summed E-state index contributed by atoms with van der Waals surface area (Å²) in [5, 5.41) is 2.59. The highest BCUT2D eigenvalue weighted by Gasteiger charge is 2.29. The van der Waals surface area contributed by atoms with Crippen LogP contribution < -0.4 is 5.32 Å². The lowest BCUT2D eigenvalue weighted by molar-refractivity contribution is -0.148. The lowest BCUT2D eigenvalue weighted by Gasteiger charge is -2.15. The Labute approximate surface area is 96.7 Å². The fourth-order valence-electron chi connectivity index (χ4n) is 1.63. The summed E-state index contributed by atoms with van der Waals surface area (Å²) in [6, 6.07) is 0. The number of ether oxygens (including phenoxy) is 1. The van der Waals surface area contributed by atoms with E-state index in [1.54, 1.807) is 0 Å². The van der Waals surface area contributed by atoms with Crippen LogP contribution in [0.1, 0.15) is 40.0 Å². The van der Waals surface area contributed by atoms with Crippen molar-refractivity contribution in [2.75, 3.05) is 6.54 Å². The minimum atomic E-state index is -0.345. The molecule has 0 aromatic carbocycles. The quantitative estimate of drug-likeness (QED) is 0.699. The molecule has 1 unspecified atom stereocenters. The summed E-state index contributed by atoms with van der Waals surface area (Å²) in [7, 11) is 0. The van der Waals surface area contributed by atoms with E-state index in [1.807, 2.05) is 6.92 Å². The summed E-state index contributed by atoms with van der Waals surface area (Å²) >= 11 is 0. The van der Waals surface area contributed by atoms with Crippen LogP contribution in [0.3, 0.4) is 0 Å². The first kappa shape index (κ1) is 13.0. The van der Waals surface area contributed by atoms with Gasteiger partial charge in [-0.2, -0.15) is 0 Å². The number of amides is 1. The van der Waals surface area contributed by atoms with Gasteiger partial charge in [-0.25, -0.2) is 0 Å². The molecule has 0 aromatic rings. The van der Waals surface area contributed by atoms with Gasteiger partial charge in [0.1, 0.15) is 6.54 Å². The van der Waals surface area contributed by atoms with E-state index < -0.39 is 0 Å². The molecule has 16 heavy (non-hydrogen) atoms. The second kappa shape index (κ2) is 5.87. The van der Waals surface area contributed by atoms with Crippen LogP contribution in [0.15, 0.2) is 0 Å². The van der Waals surface area contributed by atoms with Crippen molar-refractivity contribution >= 4 is 11.9 Å². The number of hydrogen-bond acceptors (Lipinski definition) is 3. The van der Waals surface area contributed by atoms with Gasteiger partial charge in [-0.3, -0.25) is 9.59 Å². The van der Waals surface area contributed by atoms with E-state index >= 15 is 0 Å². The second-order valence-electron chi connectivity index (χ2n) is 4.92. The predicted molar refractivity (Wildman–Crippen MR) is 60.7 cm³/mol. The summed E-state index contributed by atoms with van der Waals surface area (Å²) in [4.78, 5) is 22.6. The molecule has 4 heteroatoms. The second-order valence-corrected chi connectivity index (χ2v) is 4.92. The summed E-state index contributed by atoms with van der Waals surface area (Å²) in [6.45, 7) is 6.04. The largest absolute Gasteiger partial charge is 0.461 e. The SMILES string of the molecule is CC(C)CC(C)OC(=O)CNC(=O)C1CC1. The lowest BCUT2D eigenvalue weighted by Crippen LogP contribution is -2.33. The topological polar surface area (TPSA) is 55.4 Å². The summed E-state index contributed by atoms with van der Waals surface area (Å²) in [6.07, 6.45) is 2.67. The molecule has 1 amide bonds. The maximum atomic E-state index is 11.3. The fourth-order valence-corrected chi connectivity index (χ4v) is 1.63. The molecule has 0 aromatic heterocycles. The average molecular weight is 227 g/mol. The zero-order valence-electron chi connectivity index (χ0n) is 10.3.